The number of fused-ring (bicyclic) bond motifs is 6. The van der Waals surface area contributed by atoms with Crippen LogP contribution in [0.3, 0.4) is 0 Å². The van der Waals surface area contributed by atoms with Gasteiger partial charge < -0.3 is 9.80 Å². The zero-order chi connectivity index (χ0) is 41.2. The molecular weight excluding hydrogens is 749 g/mol. The van der Waals surface area contributed by atoms with Crippen LogP contribution in [0.4, 0.5) is 34.1 Å². The summed E-state index contributed by atoms with van der Waals surface area (Å²) < 4.78 is 0. The van der Waals surface area contributed by atoms with Crippen LogP contribution in [0.2, 0.25) is 0 Å². The molecule has 0 aliphatic carbocycles. The van der Waals surface area contributed by atoms with E-state index in [1.54, 1.807) is 0 Å². The van der Waals surface area contributed by atoms with Crippen molar-refractivity contribution in [1.29, 1.82) is 0 Å². The van der Waals surface area contributed by atoms with Crippen molar-refractivity contribution in [1.82, 2.24) is 0 Å². The van der Waals surface area contributed by atoms with Crippen molar-refractivity contribution in [2.75, 3.05) is 9.80 Å². The number of para-hydroxylation sites is 4. The van der Waals surface area contributed by atoms with Gasteiger partial charge in [0, 0.05) is 34.1 Å². The monoisotopic (exact) mass is 790 g/mol. The van der Waals surface area contributed by atoms with E-state index in [0.717, 1.165) is 34.1 Å². The Kier molecular flexibility index (Phi) is 9.57. The van der Waals surface area contributed by atoms with Crippen LogP contribution in [0.25, 0.3) is 65.7 Å². The maximum Gasteiger partial charge on any atom is 0.0468 e. The van der Waals surface area contributed by atoms with Crippen molar-refractivity contribution < 1.29 is 0 Å². The maximum absolute atomic E-state index is 2.44. The zero-order valence-corrected chi connectivity index (χ0v) is 34.1. The lowest BCUT2D eigenvalue weighted by Crippen LogP contribution is -2.10. The second kappa shape index (κ2) is 16.1. The summed E-state index contributed by atoms with van der Waals surface area (Å²) in [5.74, 6) is 0. The summed E-state index contributed by atoms with van der Waals surface area (Å²) in [4.78, 5) is 4.74. The van der Waals surface area contributed by atoms with Crippen LogP contribution in [0.15, 0.2) is 255 Å². The van der Waals surface area contributed by atoms with Gasteiger partial charge in [-0.3, -0.25) is 0 Å². The van der Waals surface area contributed by atoms with E-state index in [2.05, 4.69) is 265 Å². The van der Waals surface area contributed by atoms with Gasteiger partial charge in [0.15, 0.2) is 0 Å². The quantitative estimate of drug-likeness (QED) is 0.134. The molecular formula is C60H42N2. The molecule has 0 N–H and O–H groups in total. The molecule has 0 saturated carbocycles. The van der Waals surface area contributed by atoms with Crippen LogP contribution in [-0.2, 0) is 0 Å². The van der Waals surface area contributed by atoms with E-state index in [-0.39, 0.29) is 0 Å². The highest BCUT2D eigenvalue weighted by Gasteiger charge is 2.24. The number of rotatable bonds is 9. The van der Waals surface area contributed by atoms with Crippen LogP contribution >= 0.6 is 0 Å². The van der Waals surface area contributed by atoms with Gasteiger partial charge in [0.1, 0.15) is 0 Å². The van der Waals surface area contributed by atoms with Gasteiger partial charge >= 0.3 is 0 Å². The molecule has 2 nitrogen and oxygen atoms in total. The van der Waals surface area contributed by atoms with Crippen LogP contribution in [0, 0.1) is 0 Å². The first-order chi connectivity index (χ1) is 30.8. The normalized spacial score (nSPS) is 11.2. The summed E-state index contributed by atoms with van der Waals surface area (Å²) in [7, 11) is 0. The molecule has 0 saturated heterocycles. The van der Waals surface area contributed by atoms with Gasteiger partial charge in [-0.1, -0.05) is 176 Å². The summed E-state index contributed by atoms with van der Waals surface area (Å²) >= 11 is 0. The van der Waals surface area contributed by atoms with Crippen molar-refractivity contribution in [2.45, 2.75) is 0 Å². The van der Waals surface area contributed by atoms with Crippen molar-refractivity contribution >= 4 is 66.4 Å². The van der Waals surface area contributed by atoms with E-state index < -0.39 is 0 Å². The molecule has 0 fully saturated rings. The molecule has 0 unspecified atom stereocenters. The largest absolute Gasteiger partial charge is 0.310 e. The van der Waals surface area contributed by atoms with Crippen LogP contribution in [-0.4, -0.2) is 0 Å². The molecule has 0 aromatic heterocycles. The minimum atomic E-state index is 1.09. The smallest absolute Gasteiger partial charge is 0.0468 e. The third-order valence-corrected chi connectivity index (χ3v) is 12.0. The first-order valence-electron chi connectivity index (χ1n) is 21.3. The lowest BCUT2D eigenvalue weighted by molar-refractivity contribution is 1.29. The summed E-state index contributed by atoms with van der Waals surface area (Å²) in [5, 5.41) is 7.27. The molecule has 2 heteroatoms. The average molecular weight is 791 g/mol. The highest BCUT2D eigenvalue weighted by atomic mass is 15.1. The van der Waals surface area contributed by atoms with E-state index in [9.17, 15) is 0 Å². The number of hydrogen-bond acceptors (Lipinski definition) is 2. The van der Waals surface area contributed by atoms with Crippen LogP contribution < -0.4 is 9.80 Å². The predicted molar refractivity (Wildman–Crippen MR) is 265 cm³/mol. The fraction of sp³-hybridized carbons (Fsp3) is 0. The van der Waals surface area contributed by atoms with Crippen LogP contribution in [0.5, 0.6) is 0 Å². The SMILES string of the molecule is c1ccc(-c2cc(-c3ccccc3)c3c4ccc(N(c5ccccc5)c5ccccc5)cc4c4cc(N(c5ccccc5)c5ccccc5)ccc4c3c2-c2ccccc2)cc1. The van der Waals surface area contributed by atoms with Gasteiger partial charge in [0.25, 0.3) is 0 Å². The number of benzene rings is 11. The third kappa shape index (κ3) is 6.65. The Hall–Kier alpha value is -8.20. The first kappa shape index (κ1) is 36.8. The van der Waals surface area contributed by atoms with E-state index in [1.807, 2.05) is 0 Å². The van der Waals surface area contributed by atoms with Crippen LogP contribution in [0.1, 0.15) is 0 Å². The summed E-state index contributed by atoms with van der Waals surface area (Å²) in [6.07, 6.45) is 0. The molecule has 0 amide bonds. The second-order valence-electron chi connectivity index (χ2n) is 15.7. The fourth-order valence-corrected chi connectivity index (χ4v) is 9.25. The Labute approximate surface area is 362 Å². The van der Waals surface area contributed by atoms with Gasteiger partial charge in [0.05, 0.1) is 0 Å². The second-order valence-corrected chi connectivity index (χ2v) is 15.7. The van der Waals surface area contributed by atoms with Crippen molar-refractivity contribution in [2.24, 2.45) is 0 Å². The Morgan fingerprint density at radius 2 is 0.532 bits per heavy atom. The van der Waals surface area contributed by atoms with Gasteiger partial charge in [-0.05, 0) is 145 Å². The maximum atomic E-state index is 2.44. The molecule has 0 aliphatic heterocycles. The molecule has 292 valence electrons. The number of hydrogen-bond donors (Lipinski definition) is 0. The predicted octanol–water partition coefficient (Wildman–Crippen LogP) is 17.1. The summed E-state index contributed by atoms with van der Waals surface area (Å²) in [5.41, 5.74) is 13.8. The highest BCUT2D eigenvalue weighted by Crippen LogP contribution is 2.51. The molecule has 0 radical (unpaired) electrons. The van der Waals surface area contributed by atoms with E-state index in [0.29, 0.717) is 0 Å². The highest BCUT2D eigenvalue weighted by molar-refractivity contribution is 6.33. The van der Waals surface area contributed by atoms with Gasteiger partial charge in [-0.2, -0.15) is 0 Å². The van der Waals surface area contributed by atoms with E-state index in [1.165, 1.54) is 65.7 Å². The fourth-order valence-electron chi connectivity index (χ4n) is 9.25. The zero-order valence-electron chi connectivity index (χ0n) is 34.1. The minimum absolute atomic E-state index is 1.09. The lowest BCUT2D eigenvalue weighted by atomic mass is 9.81. The number of nitrogens with zero attached hydrogens (tertiary/aromatic N) is 2. The van der Waals surface area contributed by atoms with Crippen molar-refractivity contribution in [3.63, 3.8) is 0 Å². The van der Waals surface area contributed by atoms with Gasteiger partial charge in [0.2, 0.25) is 0 Å². The molecule has 0 spiro atoms. The topological polar surface area (TPSA) is 6.48 Å². The molecule has 0 aliphatic rings. The van der Waals surface area contributed by atoms with Gasteiger partial charge in [-0.25, -0.2) is 0 Å². The Bertz CT molecular complexity index is 3220. The molecule has 0 heterocycles. The van der Waals surface area contributed by atoms with E-state index >= 15 is 0 Å². The molecule has 11 aromatic carbocycles. The Morgan fingerprint density at radius 1 is 0.210 bits per heavy atom. The standard InChI is InChI=1S/C60H42N2/c1-8-22-43(23-9-1)54-42-55(44-24-10-2-11-25-44)59-52-38-36-50(61(46-28-14-4-15-29-46)47-30-16-5-17-31-47)40-56(52)57-41-51(37-39-53(57)60(59)58(54)45-26-12-3-13-27-45)62(48-32-18-6-19-33-48)49-34-20-7-21-35-49/h1-42H. The van der Waals surface area contributed by atoms with Gasteiger partial charge in [-0.15, -0.1) is 0 Å². The summed E-state index contributed by atoms with van der Waals surface area (Å²) in [6, 6.07) is 92.2. The summed E-state index contributed by atoms with van der Waals surface area (Å²) in [6.45, 7) is 0. The minimum Gasteiger partial charge on any atom is -0.310 e. The molecule has 62 heavy (non-hydrogen) atoms. The van der Waals surface area contributed by atoms with Crippen molar-refractivity contribution in [3.8, 4) is 33.4 Å². The molecule has 11 rings (SSSR count). The number of anilines is 6. The Morgan fingerprint density at radius 3 is 0.919 bits per heavy atom. The molecule has 11 aromatic rings. The Balaban J connectivity index is 1.32. The average Bonchev–Trinajstić information content (AvgIpc) is 3.36. The molecule has 0 bridgehead atoms. The molecule has 0 atom stereocenters. The van der Waals surface area contributed by atoms with Crippen molar-refractivity contribution in [3.05, 3.63) is 255 Å². The first-order valence-corrected chi connectivity index (χ1v) is 21.3. The lowest BCUT2D eigenvalue weighted by Gasteiger charge is -2.28. The van der Waals surface area contributed by atoms with E-state index in [4.69, 9.17) is 0 Å². The third-order valence-electron chi connectivity index (χ3n) is 12.0.